The fraction of sp³-hybridized carbons (Fsp3) is 0.619. The van der Waals surface area contributed by atoms with Crippen molar-refractivity contribution in [2.45, 2.75) is 45.4 Å². The summed E-state index contributed by atoms with van der Waals surface area (Å²) in [6, 6.07) is 3.20. The molecule has 0 aromatic carbocycles. The van der Waals surface area contributed by atoms with Crippen LogP contribution in [0.25, 0.3) is 0 Å². The van der Waals surface area contributed by atoms with E-state index < -0.39 is 11.0 Å². The molecule has 2 saturated heterocycles. The van der Waals surface area contributed by atoms with Gasteiger partial charge in [-0.05, 0) is 51.0 Å². The van der Waals surface area contributed by atoms with Crippen LogP contribution in [0.3, 0.4) is 0 Å². The lowest BCUT2D eigenvalue weighted by molar-refractivity contribution is -0.146. The highest BCUT2D eigenvalue weighted by Gasteiger charge is 2.49. The zero-order chi connectivity index (χ0) is 19.9. The maximum Gasteiger partial charge on any atom is 0.266 e. The molecule has 7 heteroatoms. The van der Waals surface area contributed by atoms with Gasteiger partial charge in [0.2, 0.25) is 5.91 Å². The molecule has 0 bridgehead atoms. The SMILES string of the molecule is Cc1[nH]c(=O)c(C#N)cc1C(=O)N1CCC2(CCCN(CC3CCC3)C2=O)C1. The van der Waals surface area contributed by atoms with Gasteiger partial charge in [0.05, 0.1) is 11.0 Å². The largest absolute Gasteiger partial charge is 0.342 e. The number of rotatable bonds is 3. The van der Waals surface area contributed by atoms with Crippen LogP contribution < -0.4 is 5.56 Å². The minimum atomic E-state index is -0.483. The molecule has 1 N–H and O–H groups in total. The van der Waals surface area contributed by atoms with E-state index >= 15 is 0 Å². The summed E-state index contributed by atoms with van der Waals surface area (Å²) in [6.07, 6.45) is 6.19. The van der Waals surface area contributed by atoms with Crippen molar-refractivity contribution in [2.75, 3.05) is 26.2 Å². The van der Waals surface area contributed by atoms with Gasteiger partial charge in [-0.3, -0.25) is 14.4 Å². The van der Waals surface area contributed by atoms with Crippen molar-refractivity contribution in [1.82, 2.24) is 14.8 Å². The van der Waals surface area contributed by atoms with Crippen LogP contribution >= 0.6 is 0 Å². The molecule has 2 aliphatic heterocycles. The number of nitrogens with one attached hydrogen (secondary N) is 1. The number of amides is 2. The van der Waals surface area contributed by atoms with E-state index in [1.165, 1.54) is 25.3 Å². The van der Waals surface area contributed by atoms with Crippen molar-refractivity contribution >= 4 is 11.8 Å². The summed E-state index contributed by atoms with van der Waals surface area (Å²) in [5.41, 5.74) is -0.225. The number of hydrogen-bond acceptors (Lipinski definition) is 4. The molecule has 3 aliphatic rings. The van der Waals surface area contributed by atoms with Crippen molar-refractivity contribution in [3.05, 3.63) is 33.2 Å². The van der Waals surface area contributed by atoms with Crippen molar-refractivity contribution in [3.8, 4) is 6.07 Å². The van der Waals surface area contributed by atoms with Crippen molar-refractivity contribution in [2.24, 2.45) is 11.3 Å². The van der Waals surface area contributed by atoms with Crippen molar-refractivity contribution in [3.63, 3.8) is 0 Å². The van der Waals surface area contributed by atoms with Crippen LogP contribution in [0.4, 0.5) is 0 Å². The molecule has 1 aliphatic carbocycles. The predicted octanol–water partition coefficient (Wildman–Crippen LogP) is 1.81. The Morgan fingerprint density at radius 3 is 2.75 bits per heavy atom. The Hall–Kier alpha value is -2.62. The van der Waals surface area contributed by atoms with E-state index in [1.54, 1.807) is 11.8 Å². The third kappa shape index (κ3) is 3.11. The lowest BCUT2D eigenvalue weighted by atomic mass is 9.77. The number of hydrogen-bond donors (Lipinski definition) is 1. The molecular weight excluding hydrogens is 356 g/mol. The molecule has 28 heavy (non-hydrogen) atoms. The summed E-state index contributed by atoms with van der Waals surface area (Å²) in [5.74, 6) is 0.634. The van der Waals surface area contributed by atoms with Gasteiger partial charge < -0.3 is 14.8 Å². The molecule has 1 unspecified atom stereocenters. The van der Waals surface area contributed by atoms with E-state index in [-0.39, 0.29) is 17.4 Å². The number of likely N-dealkylation sites (tertiary alicyclic amines) is 2. The van der Waals surface area contributed by atoms with E-state index in [2.05, 4.69) is 4.98 Å². The van der Waals surface area contributed by atoms with Gasteiger partial charge >= 0.3 is 0 Å². The zero-order valence-electron chi connectivity index (χ0n) is 16.3. The Bertz CT molecular complexity index is 911. The highest BCUT2D eigenvalue weighted by atomic mass is 16.2. The highest BCUT2D eigenvalue weighted by Crippen LogP contribution is 2.41. The molecule has 3 fully saturated rings. The van der Waals surface area contributed by atoms with Crippen molar-refractivity contribution in [1.29, 1.82) is 5.26 Å². The Kier molecular flexibility index (Phi) is 4.74. The summed E-state index contributed by atoms with van der Waals surface area (Å²) in [6.45, 7) is 4.30. The van der Waals surface area contributed by atoms with Crippen LogP contribution in [0.2, 0.25) is 0 Å². The number of carbonyl (C=O) groups excluding carboxylic acids is 2. The molecule has 3 heterocycles. The normalized spacial score (nSPS) is 25.1. The molecule has 1 aromatic heterocycles. The smallest absolute Gasteiger partial charge is 0.266 e. The number of aromatic amines is 1. The van der Waals surface area contributed by atoms with E-state index in [0.29, 0.717) is 36.7 Å². The summed E-state index contributed by atoms with van der Waals surface area (Å²) in [7, 11) is 0. The van der Waals surface area contributed by atoms with Crippen molar-refractivity contribution < 1.29 is 9.59 Å². The molecular formula is C21H26N4O3. The maximum atomic E-state index is 13.2. The first-order valence-corrected chi connectivity index (χ1v) is 10.2. The fourth-order valence-electron chi connectivity index (χ4n) is 4.84. The van der Waals surface area contributed by atoms with E-state index in [1.807, 2.05) is 11.0 Å². The molecule has 2 amide bonds. The quantitative estimate of drug-likeness (QED) is 0.862. The average Bonchev–Trinajstić information content (AvgIpc) is 3.06. The van der Waals surface area contributed by atoms with E-state index in [9.17, 15) is 14.4 Å². The van der Waals surface area contributed by atoms with Gasteiger partial charge in [0.25, 0.3) is 11.5 Å². The number of piperidine rings is 1. The van der Waals surface area contributed by atoms with Gasteiger partial charge in [-0.2, -0.15) is 5.26 Å². The molecule has 1 atom stereocenters. The molecule has 0 radical (unpaired) electrons. The monoisotopic (exact) mass is 382 g/mol. The summed E-state index contributed by atoms with van der Waals surface area (Å²) in [5, 5.41) is 9.10. The number of nitrogens with zero attached hydrogens (tertiary/aromatic N) is 3. The second-order valence-corrected chi connectivity index (χ2v) is 8.57. The number of nitriles is 1. The minimum absolute atomic E-state index is 0.0664. The molecule has 1 saturated carbocycles. The number of carbonyl (C=O) groups is 2. The first-order valence-electron chi connectivity index (χ1n) is 10.2. The fourth-order valence-corrected chi connectivity index (χ4v) is 4.84. The second kappa shape index (κ2) is 7.08. The molecule has 4 rings (SSSR count). The number of aryl methyl sites for hydroxylation is 1. The first-order chi connectivity index (χ1) is 13.4. The molecule has 148 valence electrons. The third-order valence-corrected chi connectivity index (χ3v) is 6.76. The second-order valence-electron chi connectivity index (χ2n) is 8.57. The number of H-pyrrole nitrogens is 1. The van der Waals surface area contributed by atoms with Crippen LogP contribution in [0, 0.1) is 29.6 Å². The third-order valence-electron chi connectivity index (χ3n) is 6.76. The van der Waals surface area contributed by atoms with Gasteiger partial charge in [0, 0.05) is 31.9 Å². The maximum absolute atomic E-state index is 13.2. The molecule has 7 nitrogen and oxygen atoms in total. The van der Waals surface area contributed by atoms with Gasteiger partial charge in [-0.1, -0.05) is 6.42 Å². The lowest BCUT2D eigenvalue weighted by Gasteiger charge is -2.42. The lowest BCUT2D eigenvalue weighted by Crippen LogP contribution is -2.52. The standard InChI is InChI=1S/C21H26N4O3/c1-14-17(10-16(11-22)18(26)23-14)19(27)25-9-7-21(13-25)6-3-8-24(20(21)28)12-15-4-2-5-15/h10,15H,2-9,12-13H2,1H3,(H,23,26). The van der Waals surface area contributed by atoms with Crippen LogP contribution in [0.15, 0.2) is 10.9 Å². The van der Waals surface area contributed by atoms with Crippen LogP contribution in [-0.4, -0.2) is 52.8 Å². The van der Waals surface area contributed by atoms with Crippen LogP contribution in [0.1, 0.15) is 60.1 Å². The number of pyridine rings is 1. The Morgan fingerprint density at radius 2 is 2.07 bits per heavy atom. The first kappa shape index (κ1) is 18.7. The van der Waals surface area contributed by atoms with Gasteiger partial charge in [0.15, 0.2) is 0 Å². The average molecular weight is 382 g/mol. The van der Waals surface area contributed by atoms with Gasteiger partial charge in [-0.15, -0.1) is 0 Å². The summed E-state index contributed by atoms with van der Waals surface area (Å²) < 4.78 is 0. The summed E-state index contributed by atoms with van der Waals surface area (Å²) in [4.78, 5) is 44.4. The molecule has 1 spiro atoms. The van der Waals surface area contributed by atoms with Gasteiger partial charge in [-0.25, -0.2) is 0 Å². The Balaban J connectivity index is 1.51. The number of aromatic nitrogens is 1. The minimum Gasteiger partial charge on any atom is -0.342 e. The Labute approximate surface area is 164 Å². The van der Waals surface area contributed by atoms with Crippen LogP contribution in [-0.2, 0) is 4.79 Å². The topological polar surface area (TPSA) is 97.3 Å². The summed E-state index contributed by atoms with van der Waals surface area (Å²) >= 11 is 0. The zero-order valence-corrected chi connectivity index (χ0v) is 16.3. The van der Waals surface area contributed by atoms with Crippen LogP contribution in [0.5, 0.6) is 0 Å². The Morgan fingerprint density at radius 1 is 1.29 bits per heavy atom. The van der Waals surface area contributed by atoms with Gasteiger partial charge in [0.1, 0.15) is 11.6 Å². The van der Waals surface area contributed by atoms with E-state index in [4.69, 9.17) is 5.26 Å². The molecule has 1 aromatic rings. The highest BCUT2D eigenvalue weighted by molar-refractivity contribution is 5.96. The predicted molar refractivity (Wildman–Crippen MR) is 103 cm³/mol. The van der Waals surface area contributed by atoms with E-state index in [0.717, 1.165) is 25.9 Å².